The fourth-order valence-corrected chi connectivity index (χ4v) is 3.12. The lowest BCUT2D eigenvalue weighted by Crippen LogP contribution is -2.29. The van der Waals surface area contributed by atoms with E-state index in [4.69, 9.17) is 4.74 Å². The van der Waals surface area contributed by atoms with E-state index in [2.05, 4.69) is 15.7 Å². The molecule has 1 amide bonds. The van der Waals surface area contributed by atoms with Crippen LogP contribution < -0.4 is 15.4 Å². The number of methoxy groups -OCH3 is 1. The lowest BCUT2D eigenvalue weighted by Gasteiger charge is -2.22. The number of ether oxygens (including phenoxy) is 1. The zero-order valence-corrected chi connectivity index (χ0v) is 15.9. The number of carbonyl (C=O) groups excluding carboxylic acids is 1. The SMILES string of the molecule is COc1ccc(-n2ccc(CNC(=O)CCC3CCNCC3)n2)cc1.Cl. The van der Waals surface area contributed by atoms with Gasteiger partial charge in [0.1, 0.15) is 5.75 Å². The topological polar surface area (TPSA) is 68.2 Å². The molecular formula is C19H27ClN4O2. The van der Waals surface area contributed by atoms with Crippen molar-refractivity contribution in [1.29, 1.82) is 0 Å². The zero-order valence-electron chi connectivity index (χ0n) is 15.1. The van der Waals surface area contributed by atoms with Crippen LogP contribution in [-0.4, -0.2) is 35.9 Å². The first-order valence-electron chi connectivity index (χ1n) is 8.91. The number of benzene rings is 1. The quantitative estimate of drug-likeness (QED) is 0.777. The highest BCUT2D eigenvalue weighted by Gasteiger charge is 2.14. The molecule has 2 N–H and O–H groups in total. The standard InChI is InChI=1S/C19H26N4O2.ClH/c1-25-18-5-3-17(4-6-18)23-13-10-16(22-23)14-21-19(24)7-2-15-8-11-20-12-9-15;/h3-6,10,13,15,20H,2,7-9,11-12,14H2,1H3,(H,21,24);1H. The lowest BCUT2D eigenvalue weighted by molar-refractivity contribution is -0.121. The molecule has 0 unspecified atom stereocenters. The Morgan fingerprint density at radius 2 is 2.00 bits per heavy atom. The van der Waals surface area contributed by atoms with E-state index in [1.807, 2.05) is 36.5 Å². The van der Waals surface area contributed by atoms with Gasteiger partial charge in [0.2, 0.25) is 5.91 Å². The molecule has 7 heteroatoms. The molecule has 2 aromatic rings. The number of nitrogens with zero attached hydrogens (tertiary/aromatic N) is 2. The van der Waals surface area contributed by atoms with Gasteiger partial charge in [-0.15, -0.1) is 12.4 Å². The van der Waals surface area contributed by atoms with Crippen molar-refractivity contribution >= 4 is 18.3 Å². The number of nitrogens with one attached hydrogen (secondary N) is 2. The summed E-state index contributed by atoms with van der Waals surface area (Å²) in [7, 11) is 1.65. The predicted molar refractivity (Wildman–Crippen MR) is 104 cm³/mol. The maximum absolute atomic E-state index is 12.0. The van der Waals surface area contributed by atoms with E-state index < -0.39 is 0 Å². The summed E-state index contributed by atoms with van der Waals surface area (Å²) in [5.74, 6) is 1.61. The van der Waals surface area contributed by atoms with E-state index in [1.54, 1.807) is 11.8 Å². The number of piperidine rings is 1. The minimum atomic E-state index is 0. The summed E-state index contributed by atoms with van der Waals surface area (Å²) in [6, 6.07) is 9.64. The van der Waals surface area contributed by atoms with Gasteiger partial charge in [0.05, 0.1) is 25.0 Å². The largest absolute Gasteiger partial charge is 0.497 e. The Morgan fingerprint density at radius 1 is 1.27 bits per heavy atom. The molecule has 142 valence electrons. The van der Waals surface area contributed by atoms with Gasteiger partial charge in [0.15, 0.2) is 0 Å². The Hall–Kier alpha value is -2.05. The number of hydrogen-bond acceptors (Lipinski definition) is 4. The number of amides is 1. The molecule has 6 nitrogen and oxygen atoms in total. The van der Waals surface area contributed by atoms with Gasteiger partial charge in [0.25, 0.3) is 0 Å². The van der Waals surface area contributed by atoms with E-state index in [1.165, 1.54) is 12.8 Å². The Balaban J connectivity index is 0.00000243. The van der Waals surface area contributed by atoms with E-state index in [9.17, 15) is 4.79 Å². The van der Waals surface area contributed by atoms with Crippen molar-refractivity contribution in [3.8, 4) is 11.4 Å². The number of aromatic nitrogens is 2. The Morgan fingerprint density at radius 3 is 2.69 bits per heavy atom. The first-order chi connectivity index (χ1) is 12.2. The van der Waals surface area contributed by atoms with Gasteiger partial charge >= 0.3 is 0 Å². The maximum Gasteiger partial charge on any atom is 0.220 e. The van der Waals surface area contributed by atoms with Crippen LogP contribution in [0.2, 0.25) is 0 Å². The van der Waals surface area contributed by atoms with Crippen molar-refractivity contribution in [2.75, 3.05) is 20.2 Å². The fourth-order valence-electron chi connectivity index (χ4n) is 3.12. The van der Waals surface area contributed by atoms with E-state index in [-0.39, 0.29) is 18.3 Å². The summed E-state index contributed by atoms with van der Waals surface area (Å²) in [6.45, 7) is 2.62. The lowest BCUT2D eigenvalue weighted by atomic mass is 9.93. The Bertz CT molecular complexity index is 681. The highest BCUT2D eigenvalue weighted by molar-refractivity contribution is 5.85. The van der Waals surface area contributed by atoms with Crippen molar-refractivity contribution in [3.05, 3.63) is 42.2 Å². The van der Waals surface area contributed by atoms with Crippen LogP contribution >= 0.6 is 12.4 Å². The summed E-state index contributed by atoms with van der Waals surface area (Å²) < 4.78 is 6.96. The van der Waals surface area contributed by atoms with E-state index in [0.717, 1.165) is 36.6 Å². The van der Waals surface area contributed by atoms with E-state index >= 15 is 0 Å². The van der Waals surface area contributed by atoms with Crippen LogP contribution in [0.25, 0.3) is 5.69 Å². The van der Waals surface area contributed by atoms with Crippen LogP contribution in [0.15, 0.2) is 36.5 Å². The number of rotatable bonds is 7. The number of carbonyl (C=O) groups is 1. The molecule has 0 spiro atoms. The molecule has 1 aliphatic rings. The minimum absolute atomic E-state index is 0. The average molecular weight is 379 g/mol. The molecule has 1 saturated heterocycles. The van der Waals surface area contributed by atoms with Crippen molar-refractivity contribution in [2.45, 2.75) is 32.2 Å². The fraction of sp³-hybridized carbons (Fsp3) is 0.474. The molecule has 1 aromatic carbocycles. The Kier molecular flexibility index (Phi) is 7.94. The van der Waals surface area contributed by atoms with Crippen LogP contribution in [0.4, 0.5) is 0 Å². The molecule has 26 heavy (non-hydrogen) atoms. The molecule has 0 bridgehead atoms. The van der Waals surface area contributed by atoms with Crippen molar-refractivity contribution in [2.24, 2.45) is 5.92 Å². The molecule has 2 heterocycles. The third-order valence-electron chi connectivity index (χ3n) is 4.69. The zero-order chi connectivity index (χ0) is 17.5. The first-order valence-corrected chi connectivity index (χ1v) is 8.91. The van der Waals surface area contributed by atoms with Crippen molar-refractivity contribution in [3.63, 3.8) is 0 Å². The van der Waals surface area contributed by atoms with Crippen molar-refractivity contribution in [1.82, 2.24) is 20.4 Å². The summed E-state index contributed by atoms with van der Waals surface area (Å²) >= 11 is 0. The second-order valence-electron chi connectivity index (χ2n) is 6.46. The van der Waals surface area contributed by atoms with Crippen LogP contribution in [0.1, 0.15) is 31.4 Å². The molecule has 1 aliphatic heterocycles. The molecule has 0 atom stereocenters. The maximum atomic E-state index is 12.0. The first kappa shape index (κ1) is 20.3. The molecule has 3 rings (SSSR count). The average Bonchev–Trinajstić information content (AvgIpc) is 3.14. The summed E-state index contributed by atoms with van der Waals surface area (Å²) in [5.41, 5.74) is 1.82. The molecule has 1 aromatic heterocycles. The molecule has 0 saturated carbocycles. The molecule has 0 radical (unpaired) electrons. The minimum Gasteiger partial charge on any atom is -0.497 e. The number of halogens is 1. The van der Waals surface area contributed by atoms with E-state index in [0.29, 0.717) is 18.9 Å². The van der Waals surface area contributed by atoms with Gasteiger partial charge in [-0.1, -0.05) is 0 Å². The van der Waals surface area contributed by atoms with Gasteiger partial charge in [0, 0.05) is 12.6 Å². The van der Waals surface area contributed by atoms with Gasteiger partial charge in [-0.3, -0.25) is 4.79 Å². The number of hydrogen-bond donors (Lipinski definition) is 2. The van der Waals surface area contributed by atoms with Crippen LogP contribution in [0.3, 0.4) is 0 Å². The van der Waals surface area contributed by atoms with Crippen LogP contribution in [0.5, 0.6) is 5.75 Å². The smallest absolute Gasteiger partial charge is 0.220 e. The highest BCUT2D eigenvalue weighted by Crippen LogP contribution is 2.17. The second kappa shape index (κ2) is 10.2. The molecule has 0 aliphatic carbocycles. The van der Waals surface area contributed by atoms with Gasteiger partial charge in [-0.25, -0.2) is 4.68 Å². The van der Waals surface area contributed by atoms with Gasteiger partial charge in [-0.05, 0) is 68.6 Å². The highest BCUT2D eigenvalue weighted by atomic mass is 35.5. The normalized spacial score (nSPS) is 14.5. The van der Waals surface area contributed by atoms with Crippen LogP contribution in [0, 0.1) is 5.92 Å². The van der Waals surface area contributed by atoms with Gasteiger partial charge in [-0.2, -0.15) is 5.10 Å². The third-order valence-corrected chi connectivity index (χ3v) is 4.69. The molecular weight excluding hydrogens is 352 g/mol. The van der Waals surface area contributed by atoms with Crippen molar-refractivity contribution < 1.29 is 9.53 Å². The summed E-state index contributed by atoms with van der Waals surface area (Å²) in [5, 5.41) is 10.8. The Labute approximate surface area is 160 Å². The molecule has 1 fully saturated rings. The van der Waals surface area contributed by atoms with Gasteiger partial charge < -0.3 is 15.4 Å². The summed E-state index contributed by atoms with van der Waals surface area (Å²) in [4.78, 5) is 12.0. The predicted octanol–water partition coefficient (Wildman–Crippen LogP) is 2.70. The monoisotopic (exact) mass is 378 g/mol. The van der Waals surface area contributed by atoms with Crippen LogP contribution in [-0.2, 0) is 11.3 Å². The summed E-state index contributed by atoms with van der Waals surface area (Å²) in [6.07, 6.45) is 5.84. The second-order valence-corrected chi connectivity index (χ2v) is 6.46. The third kappa shape index (κ3) is 5.75.